The molecule has 0 aliphatic heterocycles. The number of aromatic nitrogens is 1. The highest BCUT2D eigenvalue weighted by Crippen LogP contribution is 2.37. The molecule has 0 N–H and O–H groups in total. The van der Waals surface area contributed by atoms with Crippen LogP contribution < -0.4 is 4.90 Å². The Kier molecular flexibility index (Phi) is 6.51. The van der Waals surface area contributed by atoms with Crippen molar-refractivity contribution in [1.82, 2.24) is 4.57 Å². The molecule has 8 rings (SSSR count). The number of benzene rings is 7. The van der Waals surface area contributed by atoms with Crippen molar-refractivity contribution in [2.75, 3.05) is 4.90 Å². The highest BCUT2D eigenvalue weighted by molar-refractivity contribution is 6.10. The van der Waals surface area contributed by atoms with Gasteiger partial charge in [-0.15, -0.1) is 0 Å². The van der Waals surface area contributed by atoms with Crippen molar-refractivity contribution in [1.29, 1.82) is 0 Å². The molecule has 0 spiro atoms. The molecule has 8 aromatic rings. The van der Waals surface area contributed by atoms with Gasteiger partial charge < -0.3 is 9.47 Å². The molecule has 2 nitrogen and oxygen atoms in total. The molecule has 0 saturated heterocycles. The topological polar surface area (TPSA) is 8.17 Å². The van der Waals surface area contributed by atoms with Gasteiger partial charge in [0.15, 0.2) is 0 Å². The van der Waals surface area contributed by atoms with Crippen LogP contribution in [0.15, 0.2) is 182 Å². The fourth-order valence-electron chi connectivity index (χ4n) is 6.26. The minimum Gasteiger partial charge on any atom is -0.311 e. The third-order valence-corrected chi connectivity index (χ3v) is 8.39. The molecule has 0 amide bonds. The molecule has 1 heterocycles. The molecule has 1 aromatic heterocycles. The van der Waals surface area contributed by atoms with Crippen LogP contribution in [-0.2, 0) is 0 Å². The van der Waals surface area contributed by atoms with Crippen LogP contribution in [-0.4, -0.2) is 4.57 Å². The second-order valence-electron chi connectivity index (χ2n) is 11.1. The van der Waals surface area contributed by atoms with Gasteiger partial charge in [0.25, 0.3) is 0 Å². The van der Waals surface area contributed by atoms with Crippen molar-refractivity contribution in [3.05, 3.63) is 182 Å². The SMILES string of the molecule is c1ccc(N(c2ccccc2)c2ccc(-c3ccc(-c4ccc5c6ccccc6n(-c6ccccc6)c5c4)cc3)cc2)cc1. The summed E-state index contributed by atoms with van der Waals surface area (Å²) in [7, 11) is 0. The number of fused-ring (bicyclic) bond motifs is 3. The van der Waals surface area contributed by atoms with Crippen LogP contribution in [0.1, 0.15) is 0 Å². The van der Waals surface area contributed by atoms with Gasteiger partial charge in [0, 0.05) is 33.5 Å². The number of para-hydroxylation sites is 4. The fraction of sp³-hybridized carbons (Fsp3) is 0. The first kappa shape index (κ1) is 25.8. The lowest BCUT2D eigenvalue weighted by Gasteiger charge is -2.25. The Hall–Kier alpha value is -5.86. The van der Waals surface area contributed by atoms with Crippen molar-refractivity contribution in [2.45, 2.75) is 0 Å². The summed E-state index contributed by atoms with van der Waals surface area (Å²) in [6.07, 6.45) is 0. The minimum absolute atomic E-state index is 1.13. The molecule has 0 bridgehead atoms. The molecule has 0 fully saturated rings. The summed E-state index contributed by atoms with van der Waals surface area (Å²) in [6.45, 7) is 0. The van der Waals surface area contributed by atoms with Crippen molar-refractivity contribution in [3.8, 4) is 27.9 Å². The maximum Gasteiger partial charge on any atom is 0.0547 e. The van der Waals surface area contributed by atoms with Crippen LogP contribution in [0.4, 0.5) is 17.1 Å². The maximum atomic E-state index is 2.37. The van der Waals surface area contributed by atoms with Gasteiger partial charge >= 0.3 is 0 Å². The summed E-state index contributed by atoms with van der Waals surface area (Å²) in [6, 6.07) is 65.0. The van der Waals surface area contributed by atoms with Crippen LogP contribution in [0.2, 0.25) is 0 Å². The van der Waals surface area contributed by atoms with Gasteiger partial charge in [-0.2, -0.15) is 0 Å². The molecule has 0 saturated carbocycles. The molecule has 0 aliphatic rings. The van der Waals surface area contributed by atoms with Crippen molar-refractivity contribution >= 4 is 38.9 Å². The molecule has 0 radical (unpaired) electrons. The molecule has 44 heavy (non-hydrogen) atoms. The standard InChI is InChI=1S/C42H30N2/c1-4-12-35(13-5-1)43(36-14-6-2-7-15-36)38-27-24-32(25-28-38)31-20-22-33(23-21-31)34-26-29-40-39-18-10-11-19-41(39)44(42(40)30-34)37-16-8-3-9-17-37/h1-30H. The normalized spacial score (nSPS) is 11.2. The summed E-state index contributed by atoms with van der Waals surface area (Å²) in [5.74, 6) is 0. The molecule has 208 valence electrons. The van der Waals surface area contributed by atoms with Crippen LogP contribution in [0.3, 0.4) is 0 Å². The Morgan fingerprint density at radius 1 is 0.318 bits per heavy atom. The highest BCUT2D eigenvalue weighted by atomic mass is 15.1. The molecule has 2 heteroatoms. The van der Waals surface area contributed by atoms with Crippen molar-refractivity contribution in [2.24, 2.45) is 0 Å². The smallest absolute Gasteiger partial charge is 0.0547 e. The summed E-state index contributed by atoms with van der Waals surface area (Å²) >= 11 is 0. The van der Waals surface area contributed by atoms with Gasteiger partial charge in [-0.05, 0) is 82.9 Å². The average molecular weight is 563 g/mol. The zero-order valence-corrected chi connectivity index (χ0v) is 24.2. The van der Waals surface area contributed by atoms with Crippen LogP contribution >= 0.6 is 0 Å². The largest absolute Gasteiger partial charge is 0.311 e. The minimum atomic E-state index is 1.13. The summed E-state index contributed by atoms with van der Waals surface area (Å²) < 4.78 is 2.37. The second kappa shape index (κ2) is 11.1. The highest BCUT2D eigenvalue weighted by Gasteiger charge is 2.14. The van der Waals surface area contributed by atoms with Crippen LogP contribution in [0.5, 0.6) is 0 Å². The molecule has 0 atom stereocenters. The second-order valence-corrected chi connectivity index (χ2v) is 11.1. The predicted octanol–water partition coefficient (Wildman–Crippen LogP) is 11.6. The van der Waals surface area contributed by atoms with Gasteiger partial charge in [-0.1, -0.05) is 121 Å². The average Bonchev–Trinajstić information content (AvgIpc) is 3.44. The van der Waals surface area contributed by atoms with Crippen LogP contribution in [0, 0.1) is 0 Å². The first-order valence-electron chi connectivity index (χ1n) is 15.0. The molecule has 0 unspecified atom stereocenters. The third kappa shape index (κ3) is 4.63. The number of nitrogens with zero attached hydrogens (tertiary/aromatic N) is 2. The van der Waals surface area contributed by atoms with E-state index in [2.05, 4.69) is 191 Å². The van der Waals surface area contributed by atoms with E-state index in [0.717, 1.165) is 17.1 Å². The lowest BCUT2D eigenvalue weighted by atomic mass is 9.99. The summed E-state index contributed by atoms with van der Waals surface area (Å²) in [5.41, 5.74) is 11.8. The number of anilines is 3. The van der Waals surface area contributed by atoms with Crippen LogP contribution in [0.25, 0.3) is 49.7 Å². The van der Waals surface area contributed by atoms with Gasteiger partial charge in [0.2, 0.25) is 0 Å². The van der Waals surface area contributed by atoms with Gasteiger partial charge in [-0.3, -0.25) is 0 Å². The first-order valence-corrected chi connectivity index (χ1v) is 15.0. The van der Waals surface area contributed by atoms with E-state index in [-0.39, 0.29) is 0 Å². The third-order valence-electron chi connectivity index (χ3n) is 8.39. The summed E-state index contributed by atoms with van der Waals surface area (Å²) in [4.78, 5) is 2.29. The number of rotatable bonds is 6. The number of hydrogen-bond acceptors (Lipinski definition) is 1. The lowest BCUT2D eigenvalue weighted by molar-refractivity contribution is 1.18. The van der Waals surface area contributed by atoms with Crippen molar-refractivity contribution in [3.63, 3.8) is 0 Å². The van der Waals surface area contributed by atoms with Gasteiger partial charge in [0.1, 0.15) is 0 Å². The predicted molar refractivity (Wildman–Crippen MR) is 186 cm³/mol. The van der Waals surface area contributed by atoms with Crippen molar-refractivity contribution < 1.29 is 0 Å². The van der Waals surface area contributed by atoms with E-state index in [1.54, 1.807) is 0 Å². The first-order chi connectivity index (χ1) is 21.8. The zero-order chi connectivity index (χ0) is 29.3. The summed E-state index contributed by atoms with van der Waals surface area (Å²) in [5, 5.41) is 2.54. The zero-order valence-electron chi connectivity index (χ0n) is 24.2. The van der Waals surface area contributed by atoms with E-state index < -0.39 is 0 Å². The Morgan fingerprint density at radius 3 is 1.36 bits per heavy atom. The molecular weight excluding hydrogens is 532 g/mol. The van der Waals surface area contributed by atoms with Gasteiger partial charge in [0.05, 0.1) is 11.0 Å². The molecule has 7 aromatic carbocycles. The van der Waals surface area contributed by atoms with E-state index in [0.29, 0.717) is 0 Å². The van der Waals surface area contributed by atoms with E-state index in [9.17, 15) is 0 Å². The molecule has 0 aliphatic carbocycles. The van der Waals surface area contributed by atoms with E-state index >= 15 is 0 Å². The lowest BCUT2D eigenvalue weighted by Crippen LogP contribution is -2.09. The van der Waals surface area contributed by atoms with E-state index in [1.807, 2.05) is 0 Å². The Bertz CT molecular complexity index is 2140. The fourth-order valence-corrected chi connectivity index (χ4v) is 6.26. The van der Waals surface area contributed by atoms with E-state index in [1.165, 1.54) is 49.7 Å². The number of hydrogen-bond donors (Lipinski definition) is 0. The molecular formula is C42H30N2. The quantitative estimate of drug-likeness (QED) is 0.196. The Balaban J connectivity index is 1.13. The Morgan fingerprint density at radius 2 is 0.750 bits per heavy atom. The van der Waals surface area contributed by atoms with E-state index in [4.69, 9.17) is 0 Å². The Labute approximate surface area is 257 Å². The van der Waals surface area contributed by atoms with Gasteiger partial charge in [-0.25, -0.2) is 0 Å². The monoisotopic (exact) mass is 562 g/mol. The maximum absolute atomic E-state index is 2.37.